The van der Waals surface area contributed by atoms with Crippen LogP contribution in [0.25, 0.3) is 11.3 Å². The highest BCUT2D eigenvalue weighted by molar-refractivity contribution is 5.93. The largest absolute Gasteiger partial charge is 0.355 e. The van der Waals surface area contributed by atoms with E-state index in [1.165, 1.54) is 0 Å². The van der Waals surface area contributed by atoms with Crippen molar-refractivity contribution < 1.29 is 9.32 Å². The van der Waals surface area contributed by atoms with E-state index in [4.69, 9.17) is 4.52 Å². The van der Waals surface area contributed by atoms with Gasteiger partial charge in [-0.15, -0.1) is 24.8 Å². The number of hydrogen-bond acceptors (Lipinski definition) is 5. The summed E-state index contributed by atoms with van der Waals surface area (Å²) in [4.78, 5) is 18.4. The maximum absolute atomic E-state index is 12.6. The molecule has 2 aromatic rings. The molecule has 23 heavy (non-hydrogen) atoms. The number of nitrogens with zero attached hydrogens (tertiary/aromatic N) is 3. The summed E-state index contributed by atoms with van der Waals surface area (Å²) in [5.74, 6) is 0.469. The zero-order valence-corrected chi connectivity index (χ0v) is 14.6. The number of hydrogen-bond donors (Lipinski definition) is 1. The molecule has 2 aromatic heterocycles. The van der Waals surface area contributed by atoms with Gasteiger partial charge in [-0.1, -0.05) is 5.16 Å². The molecule has 8 heteroatoms. The maximum atomic E-state index is 12.6. The average molecular weight is 359 g/mol. The summed E-state index contributed by atoms with van der Waals surface area (Å²) in [5, 5.41) is 7.27. The van der Waals surface area contributed by atoms with E-state index >= 15 is 0 Å². The molecule has 1 amide bonds. The highest BCUT2D eigenvalue weighted by Gasteiger charge is 2.30. The van der Waals surface area contributed by atoms with Crippen molar-refractivity contribution in [3.8, 4) is 11.3 Å². The van der Waals surface area contributed by atoms with E-state index in [1.807, 2.05) is 24.0 Å². The Morgan fingerprint density at radius 3 is 2.87 bits per heavy atom. The van der Waals surface area contributed by atoms with E-state index in [-0.39, 0.29) is 42.8 Å². The van der Waals surface area contributed by atoms with Gasteiger partial charge in [0.2, 0.25) is 0 Å². The molecule has 1 aliphatic rings. The van der Waals surface area contributed by atoms with Crippen LogP contribution in [0, 0.1) is 0 Å². The van der Waals surface area contributed by atoms with Gasteiger partial charge in [0.05, 0.1) is 0 Å². The molecule has 6 nitrogen and oxygen atoms in total. The van der Waals surface area contributed by atoms with E-state index in [0.29, 0.717) is 18.0 Å². The minimum absolute atomic E-state index is 0. The van der Waals surface area contributed by atoms with E-state index in [0.717, 1.165) is 12.1 Å². The Morgan fingerprint density at radius 1 is 1.39 bits per heavy atom. The third kappa shape index (κ3) is 4.02. The minimum atomic E-state index is -0.0882. The van der Waals surface area contributed by atoms with E-state index < -0.39 is 0 Å². The van der Waals surface area contributed by atoms with Gasteiger partial charge in [-0.3, -0.25) is 9.78 Å². The highest BCUT2D eigenvalue weighted by Crippen LogP contribution is 2.21. The van der Waals surface area contributed by atoms with Crippen molar-refractivity contribution >= 4 is 30.7 Å². The van der Waals surface area contributed by atoms with E-state index in [2.05, 4.69) is 22.4 Å². The van der Waals surface area contributed by atoms with Crippen LogP contribution in [0.1, 0.15) is 24.3 Å². The van der Waals surface area contributed by atoms with Crippen molar-refractivity contribution in [3.05, 3.63) is 36.3 Å². The lowest BCUT2D eigenvalue weighted by Gasteiger charge is -2.38. The van der Waals surface area contributed by atoms with Crippen LogP contribution in [0.3, 0.4) is 0 Å². The fourth-order valence-electron chi connectivity index (χ4n) is 2.51. The predicted octanol–water partition coefficient (Wildman–Crippen LogP) is 2.40. The zero-order chi connectivity index (χ0) is 14.8. The third-order valence-corrected chi connectivity index (χ3v) is 3.97. The monoisotopic (exact) mass is 358 g/mol. The number of carbonyl (C=O) groups is 1. The van der Waals surface area contributed by atoms with Crippen LogP contribution in [0.15, 0.2) is 35.1 Å². The quantitative estimate of drug-likeness (QED) is 0.892. The Kier molecular flexibility index (Phi) is 7.00. The summed E-state index contributed by atoms with van der Waals surface area (Å²) in [6.07, 6.45) is 3.38. The second-order valence-electron chi connectivity index (χ2n) is 5.30. The number of pyridine rings is 1. The number of rotatable bonds is 2. The number of aromatic nitrogens is 2. The van der Waals surface area contributed by atoms with Crippen molar-refractivity contribution in [2.45, 2.75) is 25.9 Å². The summed E-state index contributed by atoms with van der Waals surface area (Å²) in [6.45, 7) is 5.59. The fraction of sp³-hybridized carbons (Fsp3) is 0.400. The molecular weight excluding hydrogens is 339 g/mol. The van der Waals surface area contributed by atoms with Crippen molar-refractivity contribution in [2.24, 2.45) is 0 Å². The van der Waals surface area contributed by atoms with Crippen LogP contribution in [-0.4, -0.2) is 46.1 Å². The van der Waals surface area contributed by atoms with E-state index in [1.54, 1.807) is 18.5 Å². The Labute approximate surface area is 147 Å². The van der Waals surface area contributed by atoms with Gasteiger partial charge in [-0.05, 0) is 26.0 Å². The van der Waals surface area contributed by atoms with Crippen LogP contribution < -0.4 is 5.32 Å². The summed E-state index contributed by atoms with van der Waals surface area (Å²) < 4.78 is 5.27. The smallest absolute Gasteiger partial charge is 0.276 e. The van der Waals surface area contributed by atoms with Crippen LogP contribution in [-0.2, 0) is 0 Å². The molecule has 3 rings (SSSR count). The van der Waals surface area contributed by atoms with Crippen LogP contribution in [0.5, 0.6) is 0 Å². The molecule has 3 heterocycles. The van der Waals surface area contributed by atoms with Crippen molar-refractivity contribution in [1.29, 1.82) is 0 Å². The molecule has 1 N–H and O–H groups in total. The van der Waals surface area contributed by atoms with Gasteiger partial charge in [-0.2, -0.15) is 0 Å². The topological polar surface area (TPSA) is 71.3 Å². The minimum Gasteiger partial charge on any atom is -0.355 e. The first kappa shape index (κ1) is 19.4. The lowest BCUT2D eigenvalue weighted by molar-refractivity contribution is 0.0592. The first-order valence-electron chi connectivity index (χ1n) is 7.08. The van der Waals surface area contributed by atoms with Gasteiger partial charge in [-0.25, -0.2) is 0 Å². The highest BCUT2D eigenvalue weighted by atomic mass is 35.5. The fourth-order valence-corrected chi connectivity index (χ4v) is 2.51. The Hall–Kier alpha value is -1.63. The molecule has 2 unspecified atom stereocenters. The molecule has 0 bridgehead atoms. The summed E-state index contributed by atoms with van der Waals surface area (Å²) in [5.41, 5.74) is 1.15. The van der Waals surface area contributed by atoms with Crippen LogP contribution in [0.2, 0.25) is 0 Å². The molecule has 0 saturated carbocycles. The van der Waals surface area contributed by atoms with Gasteiger partial charge in [0, 0.05) is 49.2 Å². The van der Waals surface area contributed by atoms with Crippen molar-refractivity contribution in [2.75, 3.05) is 13.1 Å². The second-order valence-corrected chi connectivity index (χ2v) is 5.30. The first-order valence-corrected chi connectivity index (χ1v) is 7.08. The number of carbonyl (C=O) groups excluding carboxylic acids is 1. The number of amides is 1. The summed E-state index contributed by atoms with van der Waals surface area (Å²) >= 11 is 0. The molecule has 1 saturated heterocycles. The molecule has 2 atom stereocenters. The molecule has 0 radical (unpaired) electrons. The molecular formula is C15H20Cl2N4O2. The SMILES string of the molecule is CC1NCCN(C(=O)c2cc(-c3cccnc3)on2)C1C.Cl.Cl. The second kappa shape index (κ2) is 8.29. The average Bonchev–Trinajstić information content (AvgIpc) is 3.00. The molecule has 0 spiro atoms. The third-order valence-electron chi connectivity index (χ3n) is 3.97. The molecule has 1 aliphatic heterocycles. The Morgan fingerprint density at radius 2 is 2.17 bits per heavy atom. The van der Waals surface area contributed by atoms with Crippen LogP contribution in [0.4, 0.5) is 0 Å². The number of piperazine rings is 1. The van der Waals surface area contributed by atoms with E-state index in [9.17, 15) is 4.79 Å². The summed E-state index contributed by atoms with van der Waals surface area (Å²) in [6, 6.07) is 5.77. The van der Waals surface area contributed by atoms with Gasteiger partial charge in [0.15, 0.2) is 11.5 Å². The number of nitrogens with one attached hydrogen (secondary N) is 1. The maximum Gasteiger partial charge on any atom is 0.276 e. The first-order chi connectivity index (χ1) is 10.2. The lowest BCUT2D eigenvalue weighted by atomic mass is 10.1. The van der Waals surface area contributed by atoms with Crippen LogP contribution >= 0.6 is 24.8 Å². The predicted molar refractivity (Wildman–Crippen MR) is 92.2 cm³/mol. The standard InChI is InChI=1S/C15H18N4O2.2ClH/c1-10-11(2)19(7-6-17-10)15(20)13-8-14(21-18-13)12-4-3-5-16-9-12;;/h3-5,8-11,17H,6-7H2,1-2H3;2*1H. The van der Waals surface area contributed by atoms with Gasteiger partial charge >= 0.3 is 0 Å². The molecule has 0 aromatic carbocycles. The number of halogens is 2. The molecule has 0 aliphatic carbocycles. The van der Waals surface area contributed by atoms with Gasteiger partial charge in [0.1, 0.15) is 0 Å². The van der Waals surface area contributed by atoms with Crippen molar-refractivity contribution in [3.63, 3.8) is 0 Å². The lowest BCUT2D eigenvalue weighted by Crippen LogP contribution is -2.57. The van der Waals surface area contributed by atoms with Gasteiger partial charge in [0.25, 0.3) is 5.91 Å². The summed E-state index contributed by atoms with van der Waals surface area (Å²) in [7, 11) is 0. The van der Waals surface area contributed by atoms with Crippen molar-refractivity contribution in [1.82, 2.24) is 20.4 Å². The Balaban J connectivity index is 0.00000132. The molecule has 126 valence electrons. The van der Waals surface area contributed by atoms with Gasteiger partial charge < -0.3 is 14.7 Å². The normalized spacial score (nSPS) is 20.3. The molecule has 1 fully saturated rings. The Bertz CT molecular complexity index is 635. The zero-order valence-electron chi connectivity index (χ0n) is 12.9.